The van der Waals surface area contributed by atoms with Crippen LogP contribution in [0, 0.1) is 0 Å². The van der Waals surface area contributed by atoms with Gasteiger partial charge in [0.25, 0.3) is 5.91 Å². The fourth-order valence-corrected chi connectivity index (χ4v) is 3.84. The van der Waals surface area contributed by atoms with Gasteiger partial charge in [0.1, 0.15) is 5.66 Å². The molecule has 12 nitrogen and oxygen atoms in total. The Bertz CT molecular complexity index is 563. The molecule has 1 aliphatic heterocycles. The van der Waals surface area contributed by atoms with Gasteiger partial charge in [0.2, 0.25) is 13.6 Å². The first-order valence-electron chi connectivity index (χ1n) is 8.61. The zero-order chi connectivity index (χ0) is 21.3. The van der Waals surface area contributed by atoms with Crippen LogP contribution in [0.1, 0.15) is 40.5 Å². The predicted octanol–water partition coefficient (Wildman–Crippen LogP) is 2.63. The fourth-order valence-electron chi connectivity index (χ4n) is 2.10. The standard InChI is InChI=1S/C15H26NO11P/c1-10(2)26-14(18)22-8-24-28(21,12-6-5-7-16(20)13(12)17)25-9-23-15(19)27-11(3)4/h10-12,20H,5-9H2,1-4H3. The fraction of sp³-hybridized carbons (Fsp3) is 0.800. The maximum absolute atomic E-state index is 13.1. The Morgan fingerprint density at radius 3 is 1.96 bits per heavy atom. The van der Waals surface area contributed by atoms with E-state index in [4.69, 9.17) is 18.5 Å². The highest BCUT2D eigenvalue weighted by Crippen LogP contribution is 2.56. The summed E-state index contributed by atoms with van der Waals surface area (Å²) < 4.78 is 41.8. The van der Waals surface area contributed by atoms with E-state index in [9.17, 15) is 24.2 Å². The molecule has 1 aliphatic rings. The molecule has 0 aromatic rings. The second-order valence-electron chi connectivity index (χ2n) is 6.28. The highest BCUT2D eigenvalue weighted by Gasteiger charge is 2.46. The number of carbonyl (C=O) groups excluding carboxylic acids is 3. The van der Waals surface area contributed by atoms with Crippen molar-refractivity contribution in [1.82, 2.24) is 5.06 Å². The Morgan fingerprint density at radius 1 is 1.07 bits per heavy atom. The molecule has 13 heteroatoms. The van der Waals surface area contributed by atoms with E-state index in [2.05, 4.69) is 9.47 Å². The number of carbonyl (C=O) groups is 3. The lowest BCUT2D eigenvalue weighted by Gasteiger charge is -2.31. The van der Waals surface area contributed by atoms with Crippen molar-refractivity contribution < 1.29 is 52.2 Å². The number of hydrogen-bond acceptors (Lipinski definition) is 11. The lowest BCUT2D eigenvalue weighted by atomic mass is 10.1. The van der Waals surface area contributed by atoms with E-state index in [-0.39, 0.29) is 13.0 Å². The van der Waals surface area contributed by atoms with Crippen LogP contribution in [0.15, 0.2) is 0 Å². The Hall–Kier alpha value is -1.88. The van der Waals surface area contributed by atoms with E-state index in [1.165, 1.54) is 0 Å². The molecule has 0 aromatic carbocycles. The molecule has 0 bridgehead atoms. The van der Waals surface area contributed by atoms with Crippen LogP contribution in [0.3, 0.4) is 0 Å². The second kappa shape index (κ2) is 11.2. The zero-order valence-electron chi connectivity index (χ0n) is 16.2. The summed E-state index contributed by atoms with van der Waals surface area (Å²) in [5.41, 5.74) is -1.36. The van der Waals surface area contributed by atoms with Crippen molar-refractivity contribution in [3.63, 3.8) is 0 Å². The van der Waals surface area contributed by atoms with E-state index in [1.807, 2.05) is 0 Å². The quantitative estimate of drug-likeness (QED) is 0.250. The molecule has 1 fully saturated rings. The van der Waals surface area contributed by atoms with Gasteiger partial charge in [-0.1, -0.05) is 0 Å². The molecule has 1 N–H and O–H groups in total. The van der Waals surface area contributed by atoms with Gasteiger partial charge in [-0.25, -0.2) is 14.7 Å². The molecule has 0 radical (unpaired) electrons. The van der Waals surface area contributed by atoms with Crippen molar-refractivity contribution in [1.29, 1.82) is 0 Å². The topological polar surface area (TPSA) is 147 Å². The minimum absolute atomic E-state index is 0.0593. The Kier molecular flexibility index (Phi) is 9.66. The van der Waals surface area contributed by atoms with Crippen LogP contribution < -0.4 is 0 Å². The first kappa shape index (κ1) is 24.2. The Morgan fingerprint density at radius 2 is 1.54 bits per heavy atom. The average molecular weight is 427 g/mol. The number of hydrogen-bond donors (Lipinski definition) is 1. The maximum Gasteiger partial charge on any atom is 0.510 e. The largest absolute Gasteiger partial charge is 0.510 e. The number of ether oxygens (including phenoxy) is 4. The van der Waals surface area contributed by atoms with Crippen molar-refractivity contribution in [2.24, 2.45) is 0 Å². The van der Waals surface area contributed by atoms with Gasteiger partial charge in [0.05, 0.1) is 12.2 Å². The van der Waals surface area contributed by atoms with Crippen LogP contribution in [-0.2, 0) is 37.4 Å². The smallest absolute Gasteiger partial charge is 0.432 e. The molecule has 1 saturated heterocycles. The van der Waals surface area contributed by atoms with Gasteiger partial charge in [0, 0.05) is 6.54 Å². The van der Waals surface area contributed by atoms with Gasteiger partial charge in [-0.05, 0) is 40.5 Å². The van der Waals surface area contributed by atoms with Gasteiger partial charge >= 0.3 is 19.9 Å². The number of rotatable bonds is 9. The van der Waals surface area contributed by atoms with Gasteiger partial charge in [-0.2, -0.15) is 0 Å². The third-order valence-electron chi connectivity index (χ3n) is 3.25. The number of amides is 1. The molecule has 0 spiro atoms. The van der Waals surface area contributed by atoms with Crippen LogP contribution in [0.2, 0.25) is 0 Å². The molecular weight excluding hydrogens is 401 g/mol. The summed E-state index contributed by atoms with van der Waals surface area (Å²) in [5, 5.41) is 9.98. The summed E-state index contributed by atoms with van der Waals surface area (Å²) in [4.78, 5) is 34.9. The van der Waals surface area contributed by atoms with Crippen LogP contribution in [0.4, 0.5) is 9.59 Å². The highest BCUT2D eigenvalue weighted by molar-refractivity contribution is 7.55. The van der Waals surface area contributed by atoms with Gasteiger partial charge in [-0.3, -0.25) is 23.6 Å². The van der Waals surface area contributed by atoms with Crippen molar-refractivity contribution in [2.45, 2.75) is 58.4 Å². The molecule has 0 aromatic heterocycles. The molecule has 0 aliphatic carbocycles. The molecule has 1 atom stereocenters. The molecule has 162 valence electrons. The zero-order valence-corrected chi connectivity index (χ0v) is 17.1. The average Bonchev–Trinajstić information content (AvgIpc) is 2.55. The SMILES string of the molecule is CC(C)OC(=O)OCOP(=O)(OCOC(=O)OC(C)C)C1CCCN(O)C1=O. The van der Waals surface area contributed by atoms with Crippen LogP contribution >= 0.6 is 7.60 Å². The summed E-state index contributed by atoms with van der Waals surface area (Å²) >= 11 is 0. The van der Waals surface area contributed by atoms with E-state index in [0.29, 0.717) is 11.5 Å². The molecular formula is C15H26NO11P. The summed E-state index contributed by atoms with van der Waals surface area (Å²) in [6.07, 6.45) is -2.62. The maximum atomic E-state index is 13.1. The number of piperidine rings is 1. The van der Waals surface area contributed by atoms with E-state index in [1.54, 1.807) is 27.7 Å². The van der Waals surface area contributed by atoms with Gasteiger partial charge in [0.15, 0.2) is 0 Å². The first-order chi connectivity index (χ1) is 13.0. The minimum atomic E-state index is -4.29. The Balaban J connectivity index is 2.73. The van der Waals surface area contributed by atoms with Crippen molar-refractivity contribution >= 4 is 25.8 Å². The molecule has 0 saturated carbocycles. The van der Waals surface area contributed by atoms with Crippen molar-refractivity contribution in [3.8, 4) is 0 Å². The molecule has 1 rings (SSSR count). The number of hydroxylamine groups is 2. The second-order valence-corrected chi connectivity index (χ2v) is 8.49. The third kappa shape index (κ3) is 8.01. The predicted molar refractivity (Wildman–Crippen MR) is 91.4 cm³/mol. The molecule has 28 heavy (non-hydrogen) atoms. The van der Waals surface area contributed by atoms with Crippen LogP contribution in [-0.4, -0.2) is 66.5 Å². The van der Waals surface area contributed by atoms with Crippen LogP contribution in [0.5, 0.6) is 0 Å². The first-order valence-corrected chi connectivity index (χ1v) is 10.2. The lowest BCUT2D eigenvalue weighted by Crippen LogP contribution is -2.42. The van der Waals surface area contributed by atoms with Gasteiger partial charge in [-0.15, -0.1) is 0 Å². The lowest BCUT2D eigenvalue weighted by molar-refractivity contribution is -0.169. The Labute approximate surface area is 162 Å². The summed E-state index contributed by atoms with van der Waals surface area (Å²) in [5.74, 6) is -0.885. The van der Waals surface area contributed by atoms with E-state index in [0.717, 1.165) is 0 Å². The van der Waals surface area contributed by atoms with Crippen molar-refractivity contribution in [2.75, 3.05) is 20.1 Å². The number of nitrogens with zero attached hydrogens (tertiary/aromatic N) is 1. The van der Waals surface area contributed by atoms with Crippen LogP contribution in [0.25, 0.3) is 0 Å². The summed E-state index contributed by atoms with van der Waals surface area (Å²) in [6.45, 7) is 4.77. The highest BCUT2D eigenvalue weighted by atomic mass is 31.2. The monoisotopic (exact) mass is 427 g/mol. The molecule has 1 unspecified atom stereocenters. The summed E-state index contributed by atoms with van der Waals surface area (Å²) in [7, 11) is -4.29. The third-order valence-corrected chi connectivity index (χ3v) is 5.42. The normalized spacial score (nSPS) is 17.6. The van der Waals surface area contributed by atoms with E-state index >= 15 is 0 Å². The van der Waals surface area contributed by atoms with Crippen molar-refractivity contribution in [3.05, 3.63) is 0 Å². The molecule has 1 amide bonds. The van der Waals surface area contributed by atoms with Gasteiger partial charge < -0.3 is 18.9 Å². The van der Waals surface area contributed by atoms with E-state index < -0.39 is 57.3 Å². The molecule has 1 heterocycles. The minimum Gasteiger partial charge on any atom is -0.432 e. The summed E-state index contributed by atoms with van der Waals surface area (Å²) in [6, 6.07) is 0.